The van der Waals surface area contributed by atoms with Gasteiger partial charge in [-0.25, -0.2) is 8.42 Å². The maximum absolute atomic E-state index is 12.1. The molecule has 27 heavy (non-hydrogen) atoms. The molecule has 0 aliphatic carbocycles. The smallest absolute Gasteiger partial charge is 0.258 e. The molecule has 0 aliphatic rings. The Kier molecular flexibility index (Phi) is 6.31. The van der Waals surface area contributed by atoms with Gasteiger partial charge < -0.3 is 10.1 Å². The van der Waals surface area contributed by atoms with Crippen molar-refractivity contribution < 1.29 is 17.9 Å². The highest BCUT2D eigenvalue weighted by atomic mass is 32.2. The van der Waals surface area contributed by atoms with E-state index in [1.54, 1.807) is 24.3 Å². The first-order chi connectivity index (χ1) is 12.5. The normalized spacial score (nSPS) is 13.1. The summed E-state index contributed by atoms with van der Waals surface area (Å²) in [7, 11) is -3.23. The lowest BCUT2D eigenvalue weighted by atomic mass is 9.87. The van der Waals surface area contributed by atoms with Gasteiger partial charge in [-0.05, 0) is 47.7 Å². The fourth-order valence-corrected chi connectivity index (χ4v) is 3.20. The van der Waals surface area contributed by atoms with Crippen molar-refractivity contribution in [1.29, 1.82) is 0 Å². The molecule has 0 bridgehead atoms. The molecule has 0 fully saturated rings. The van der Waals surface area contributed by atoms with Crippen LogP contribution < -0.4 is 10.1 Å². The predicted octanol–water partition coefficient (Wildman–Crippen LogP) is 3.64. The van der Waals surface area contributed by atoms with Gasteiger partial charge in [-0.1, -0.05) is 45.0 Å². The Labute approximate surface area is 161 Å². The van der Waals surface area contributed by atoms with Crippen LogP contribution in [0.3, 0.4) is 0 Å². The molecule has 0 radical (unpaired) electrons. The number of rotatable bonds is 6. The second kappa shape index (κ2) is 8.13. The largest absolute Gasteiger partial charge is 0.484 e. The first-order valence-corrected chi connectivity index (χ1v) is 10.7. The van der Waals surface area contributed by atoms with Gasteiger partial charge in [0.1, 0.15) is 5.75 Å². The van der Waals surface area contributed by atoms with Gasteiger partial charge in [0.25, 0.3) is 5.91 Å². The summed E-state index contributed by atoms with van der Waals surface area (Å²) in [5.74, 6) is 0.401. The van der Waals surface area contributed by atoms with Crippen molar-refractivity contribution in [2.24, 2.45) is 0 Å². The van der Waals surface area contributed by atoms with Gasteiger partial charge in [0, 0.05) is 6.26 Å². The Balaban J connectivity index is 1.89. The highest BCUT2D eigenvalue weighted by Gasteiger charge is 2.14. The van der Waals surface area contributed by atoms with Crippen molar-refractivity contribution >= 4 is 15.7 Å². The van der Waals surface area contributed by atoms with Crippen LogP contribution in [0.25, 0.3) is 0 Å². The van der Waals surface area contributed by atoms with E-state index in [2.05, 4.69) is 26.1 Å². The van der Waals surface area contributed by atoms with Crippen LogP contribution in [-0.4, -0.2) is 27.2 Å². The summed E-state index contributed by atoms with van der Waals surface area (Å²) in [6, 6.07) is 14.0. The lowest BCUT2D eigenvalue weighted by molar-refractivity contribution is -0.123. The molecule has 5 nitrogen and oxygen atoms in total. The zero-order chi connectivity index (χ0) is 20.2. The Bertz CT molecular complexity index is 879. The maximum Gasteiger partial charge on any atom is 0.258 e. The van der Waals surface area contributed by atoms with E-state index < -0.39 is 9.84 Å². The van der Waals surface area contributed by atoms with Crippen molar-refractivity contribution in [3.05, 3.63) is 59.7 Å². The van der Waals surface area contributed by atoms with E-state index in [0.717, 1.165) is 5.56 Å². The average molecular weight is 390 g/mol. The average Bonchev–Trinajstić information content (AvgIpc) is 2.59. The molecule has 0 aliphatic heterocycles. The summed E-state index contributed by atoms with van der Waals surface area (Å²) >= 11 is 0. The fourth-order valence-electron chi connectivity index (χ4n) is 2.57. The van der Waals surface area contributed by atoms with Gasteiger partial charge in [-0.2, -0.15) is 0 Å². The molecule has 0 unspecified atom stereocenters. The minimum Gasteiger partial charge on any atom is -0.484 e. The summed E-state index contributed by atoms with van der Waals surface area (Å²) in [5, 5.41) is 2.85. The molecule has 0 aromatic heterocycles. The van der Waals surface area contributed by atoms with E-state index in [4.69, 9.17) is 4.74 Å². The lowest BCUT2D eigenvalue weighted by Gasteiger charge is -2.19. The Morgan fingerprint density at radius 3 is 2.07 bits per heavy atom. The van der Waals surface area contributed by atoms with E-state index in [0.29, 0.717) is 5.75 Å². The second-order valence-electron chi connectivity index (χ2n) is 7.69. The van der Waals surface area contributed by atoms with Crippen LogP contribution >= 0.6 is 0 Å². The number of ether oxygens (including phenoxy) is 1. The van der Waals surface area contributed by atoms with Crippen molar-refractivity contribution in [1.82, 2.24) is 5.32 Å². The minimum atomic E-state index is -3.23. The van der Waals surface area contributed by atoms with Gasteiger partial charge in [0.05, 0.1) is 10.9 Å². The molecular weight excluding hydrogens is 362 g/mol. The molecule has 0 saturated carbocycles. The van der Waals surface area contributed by atoms with Gasteiger partial charge >= 0.3 is 0 Å². The van der Waals surface area contributed by atoms with Crippen molar-refractivity contribution in [3.8, 4) is 5.75 Å². The molecule has 146 valence electrons. The summed E-state index contributed by atoms with van der Waals surface area (Å²) in [4.78, 5) is 12.4. The first kappa shape index (κ1) is 21.0. The zero-order valence-electron chi connectivity index (χ0n) is 16.4. The van der Waals surface area contributed by atoms with Crippen molar-refractivity contribution in [2.75, 3.05) is 12.9 Å². The summed E-state index contributed by atoms with van der Waals surface area (Å²) in [6.45, 7) is 8.17. The standard InChI is InChI=1S/C21H27NO4S/c1-15(16-6-12-19(13-7-16)27(5,24)25)22-20(23)14-26-18-10-8-17(9-11-18)21(2,3)4/h6-13,15H,14H2,1-5H3,(H,22,23)/t15-/m1/s1. The molecule has 1 N–H and O–H groups in total. The second-order valence-corrected chi connectivity index (χ2v) is 9.71. The van der Waals surface area contributed by atoms with E-state index in [-0.39, 0.29) is 28.9 Å². The molecule has 0 spiro atoms. The SMILES string of the molecule is C[C@@H](NC(=O)COc1ccc(C(C)(C)C)cc1)c1ccc(S(C)(=O)=O)cc1. The number of carbonyl (C=O) groups is 1. The molecule has 0 heterocycles. The number of hydrogen-bond acceptors (Lipinski definition) is 4. The third-order valence-electron chi connectivity index (χ3n) is 4.28. The Hall–Kier alpha value is -2.34. The van der Waals surface area contributed by atoms with Gasteiger partial charge in [-0.3, -0.25) is 4.79 Å². The van der Waals surface area contributed by atoms with Crippen LogP contribution in [0.5, 0.6) is 5.75 Å². The van der Waals surface area contributed by atoms with Crippen molar-refractivity contribution in [2.45, 2.75) is 44.0 Å². The Morgan fingerprint density at radius 2 is 1.59 bits per heavy atom. The third kappa shape index (κ3) is 6.10. The number of benzene rings is 2. The van der Waals surface area contributed by atoms with Crippen LogP contribution in [0.1, 0.15) is 44.9 Å². The highest BCUT2D eigenvalue weighted by molar-refractivity contribution is 7.90. The topological polar surface area (TPSA) is 72.5 Å². The number of sulfone groups is 1. The molecule has 2 aromatic rings. The number of hydrogen-bond donors (Lipinski definition) is 1. The van der Waals surface area contributed by atoms with Gasteiger partial charge in [0.2, 0.25) is 0 Å². The molecule has 6 heteroatoms. The number of amides is 1. The van der Waals surface area contributed by atoms with Gasteiger partial charge in [0.15, 0.2) is 16.4 Å². The maximum atomic E-state index is 12.1. The lowest BCUT2D eigenvalue weighted by Crippen LogP contribution is -2.31. The zero-order valence-corrected chi connectivity index (χ0v) is 17.3. The quantitative estimate of drug-likeness (QED) is 0.819. The molecule has 1 amide bonds. The summed E-state index contributed by atoms with van der Waals surface area (Å²) in [5.41, 5.74) is 2.09. The van der Waals surface area contributed by atoms with E-state index in [1.165, 1.54) is 11.8 Å². The summed E-state index contributed by atoms with van der Waals surface area (Å²) in [6.07, 6.45) is 1.17. The monoisotopic (exact) mass is 389 g/mol. The van der Waals surface area contributed by atoms with Gasteiger partial charge in [-0.15, -0.1) is 0 Å². The minimum absolute atomic E-state index is 0.0675. The predicted molar refractivity (Wildman–Crippen MR) is 107 cm³/mol. The Morgan fingerprint density at radius 1 is 1.04 bits per heavy atom. The first-order valence-electron chi connectivity index (χ1n) is 8.79. The van der Waals surface area contributed by atoms with E-state index >= 15 is 0 Å². The fraction of sp³-hybridized carbons (Fsp3) is 0.381. The molecule has 2 rings (SSSR count). The van der Waals surface area contributed by atoms with Crippen LogP contribution in [0.15, 0.2) is 53.4 Å². The van der Waals surface area contributed by atoms with Crippen LogP contribution in [-0.2, 0) is 20.0 Å². The van der Waals surface area contributed by atoms with Crippen LogP contribution in [0.4, 0.5) is 0 Å². The molecule has 1 atom stereocenters. The molecule has 0 saturated heterocycles. The summed E-state index contributed by atoms with van der Waals surface area (Å²) < 4.78 is 28.5. The van der Waals surface area contributed by atoms with E-state index in [1.807, 2.05) is 31.2 Å². The van der Waals surface area contributed by atoms with E-state index in [9.17, 15) is 13.2 Å². The van der Waals surface area contributed by atoms with Crippen LogP contribution in [0, 0.1) is 0 Å². The van der Waals surface area contributed by atoms with Crippen molar-refractivity contribution in [3.63, 3.8) is 0 Å². The number of nitrogens with one attached hydrogen (secondary N) is 1. The third-order valence-corrected chi connectivity index (χ3v) is 5.40. The highest BCUT2D eigenvalue weighted by Crippen LogP contribution is 2.24. The molecule has 2 aromatic carbocycles. The number of carbonyl (C=O) groups excluding carboxylic acids is 1. The molecular formula is C21H27NO4S. The van der Waals surface area contributed by atoms with Crippen LogP contribution in [0.2, 0.25) is 0 Å².